The molecular formula is C12H13Li3O14. The van der Waals surface area contributed by atoms with Gasteiger partial charge in [-0.3, -0.25) is 9.59 Å². The van der Waals surface area contributed by atoms with Crippen LogP contribution in [0.3, 0.4) is 0 Å². The number of carboxylic acids is 6. The summed E-state index contributed by atoms with van der Waals surface area (Å²) in [6.07, 6.45) is -5.00. The average Bonchev–Trinajstić information content (AvgIpc) is 2.34. The summed E-state index contributed by atoms with van der Waals surface area (Å²) >= 11 is 0. The van der Waals surface area contributed by atoms with Gasteiger partial charge in [0.1, 0.15) is 5.60 Å². The molecule has 14 nitrogen and oxygen atoms in total. The number of carbonyl (C=O) groups is 6. The number of aliphatic carboxylic acids is 6. The van der Waals surface area contributed by atoms with E-state index in [-0.39, 0.29) is 56.6 Å². The van der Waals surface area contributed by atoms with Crippen LogP contribution in [0.1, 0.15) is 25.7 Å². The fourth-order valence-electron chi connectivity index (χ4n) is 1.40. The van der Waals surface area contributed by atoms with Crippen LogP contribution in [0.5, 0.6) is 0 Å². The molecular weight excluding hydrogens is 389 g/mol. The van der Waals surface area contributed by atoms with Crippen molar-refractivity contribution in [1.29, 1.82) is 0 Å². The van der Waals surface area contributed by atoms with Gasteiger partial charge in [0, 0.05) is 24.8 Å². The molecule has 5 N–H and O–H groups in total. The predicted octanol–water partition coefficient (Wildman–Crippen LogP) is -15.5. The zero-order chi connectivity index (χ0) is 21.3. The fourth-order valence-corrected chi connectivity index (χ4v) is 1.40. The molecule has 0 heterocycles. The van der Waals surface area contributed by atoms with Gasteiger partial charge < -0.3 is 55.2 Å². The molecule has 0 aromatic carbocycles. The molecule has 148 valence electrons. The van der Waals surface area contributed by atoms with E-state index in [0.29, 0.717) is 0 Å². The molecule has 0 aromatic rings. The van der Waals surface area contributed by atoms with Crippen LogP contribution in [0.15, 0.2) is 0 Å². The van der Waals surface area contributed by atoms with Gasteiger partial charge in [0.25, 0.3) is 0 Å². The van der Waals surface area contributed by atoms with E-state index in [1.165, 1.54) is 0 Å². The minimum Gasteiger partial charge on any atom is -0.550 e. The average molecular weight is 402 g/mol. The number of carboxylic acid groups (broad SMARTS) is 6. The van der Waals surface area contributed by atoms with Crippen molar-refractivity contribution in [3.8, 4) is 0 Å². The third-order valence-corrected chi connectivity index (χ3v) is 2.54. The Balaban J connectivity index is -0.000000120. The first-order valence-electron chi connectivity index (χ1n) is 6.28. The summed E-state index contributed by atoms with van der Waals surface area (Å²) in [5, 5.41) is 72.7. The number of hydrogen-bond acceptors (Lipinski definition) is 11. The molecule has 17 heteroatoms. The first-order chi connectivity index (χ1) is 11.6. The summed E-state index contributed by atoms with van der Waals surface area (Å²) in [5.74, 6) is -11.0. The molecule has 0 amide bonds. The minimum atomic E-state index is -2.97. The molecule has 0 aromatic heterocycles. The molecule has 0 unspecified atom stereocenters. The molecule has 0 bridgehead atoms. The number of rotatable bonds is 10. The summed E-state index contributed by atoms with van der Waals surface area (Å²) in [5.41, 5.74) is -5.71. The van der Waals surface area contributed by atoms with Crippen LogP contribution in [0.4, 0.5) is 0 Å². The Morgan fingerprint density at radius 3 is 1.00 bits per heavy atom. The summed E-state index contributed by atoms with van der Waals surface area (Å²) in [6, 6.07) is 0. The van der Waals surface area contributed by atoms with Crippen molar-refractivity contribution in [2.45, 2.75) is 36.9 Å². The molecule has 0 saturated carbocycles. The van der Waals surface area contributed by atoms with Crippen LogP contribution in [0.25, 0.3) is 0 Å². The van der Waals surface area contributed by atoms with Crippen molar-refractivity contribution < 1.29 is 126 Å². The summed E-state index contributed by atoms with van der Waals surface area (Å²) in [6.45, 7) is 0. The summed E-state index contributed by atoms with van der Waals surface area (Å²) < 4.78 is 0. The molecule has 0 rings (SSSR count). The van der Waals surface area contributed by atoms with Gasteiger partial charge in [-0.15, -0.1) is 0 Å². The van der Waals surface area contributed by atoms with Crippen LogP contribution in [-0.4, -0.2) is 72.6 Å². The summed E-state index contributed by atoms with van der Waals surface area (Å²) in [7, 11) is 0. The van der Waals surface area contributed by atoms with Crippen LogP contribution < -0.4 is 71.9 Å². The van der Waals surface area contributed by atoms with E-state index in [2.05, 4.69) is 0 Å². The zero-order valence-electron chi connectivity index (χ0n) is 15.7. The van der Waals surface area contributed by atoms with E-state index in [1.54, 1.807) is 0 Å². The first-order valence-corrected chi connectivity index (χ1v) is 6.28. The smallest absolute Gasteiger partial charge is 0.550 e. The molecule has 0 aliphatic rings. The van der Waals surface area contributed by atoms with E-state index in [9.17, 15) is 44.1 Å². The Kier molecular flexibility index (Phi) is 21.5. The maximum Gasteiger partial charge on any atom is 1.00 e. The molecule has 0 fully saturated rings. The Bertz CT molecular complexity index is 521. The van der Waals surface area contributed by atoms with E-state index in [0.717, 1.165) is 0 Å². The zero-order valence-corrected chi connectivity index (χ0v) is 15.7. The number of carbonyl (C=O) groups excluding carboxylic acids is 3. The van der Waals surface area contributed by atoms with Crippen molar-refractivity contribution in [2.24, 2.45) is 0 Å². The van der Waals surface area contributed by atoms with Gasteiger partial charge in [-0.2, -0.15) is 0 Å². The quantitative estimate of drug-likeness (QED) is 0.212. The maximum atomic E-state index is 10.3. The van der Waals surface area contributed by atoms with E-state index in [4.69, 9.17) is 25.5 Å². The molecule has 0 spiro atoms. The Hall–Kier alpha value is -1.47. The van der Waals surface area contributed by atoms with Crippen LogP contribution >= 0.6 is 0 Å². The Morgan fingerprint density at radius 1 is 0.586 bits per heavy atom. The normalized spacial score (nSPS) is 9.72. The maximum absolute atomic E-state index is 10.3. The second kappa shape index (κ2) is 16.3. The second-order valence-electron chi connectivity index (χ2n) is 4.89. The van der Waals surface area contributed by atoms with E-state index in [1.807, 2.05) is 0 Å². The second-order valence-corrected chi connectivity index (χ2v) is 4.89. The van der Waals surface area contributed by atoms with Gasteiger partial charge in [-0.25, -0.2) is 4.79 Å². The molecule has 0 aliphatic carbocycles. The number of aliphatic hydroxyl groups is 2. The van der Waals surface area contributed by atoms with Crippen LogP contribution in [0.2, 0.25) is 0 Å². The van der Waals surface area contributed by atoms with Gasteiger partial charge in [0.15, 0.2) is 5.60 Å². The fraction of sp³-hybridized carbons (Fsp3) is 0.500. The predicted molar refractivity (Wildman–Crippen MR) is 66.3 cm³/mol. The topological polar surface area (TPSA) is 273 Å². The van der Waals surface area contributed by atoms with E-state index >= 15 is 0 Å². The van der Waals surface area contributed by atoms with Crippen LogP contribution in [0, 0.1) is 0 Å². The largest absolute Gasteiger partial charge is 1.00 e. The molecule has 0 radical (unpaired) electrons. The minimum absolute atomic E-state index is 0. The molecule has 0 aliphatic heterocycles. The van der Waals surface area contributed by atoms with Crippen molar-refractivity contribution in [3.63, 3.8) is 0 Å². The SMILES string of the molecule is O=C(O)CC(O)(CC(=O)O)C(=O)O.O=C([O-])CC(O)(CC(=O)[O-])C(=O)[O-].[Li+].[Li+].[Li+]. The van der Waals surface area contributed by atoms with Gasteiger partial charge >= 0.3 is 74.5 Å². The van der Waals surface area contributed by atoms with Crippen molar-refractivity contribution in [1.82, 2.24) is 0 Å². The van der Waals surface area contributed by atoms with Gasteiger partial charge in [-0.05, 0) is 0 Å². The van der Waals surface area contributed by atoms with Gasteiger partial charge in [0.2, 0.25) is 0 Å². The van der Waals surface area contributed by atoms with Gasteiger partial charge in [-0.1, -0.05) is 0 Å². The molecule has 29 heavy (non-hydrogen) atoms. The van der Waals surface area contributed by atoms with Gasteiger partial charge in [0.05, 0.1) is 18.8 Å². The van der Waals surface area contributed by atoms with Crippen molar-refractivity contribution in [3.05, 3.63) is 0 Å². The van der Waals surface area contributed by atoms with Crippen molar-refractivity contribution in [2.75, 3.05) is 0 Å². The molecule has 0 atom stereocenters. The summed E-state index contributed by atoms with van der Waals surface area (Å²) in [4.78, 5) is 60.5. The Morgan fingerprint density at radius 2 is 0.862 bits per heavy atom. The van der Waals surface area contributed by atoms with Crippen molar-refractivity contribution >= 4 is 35.8 Å². The third-order valence-electron chi connectivity index (χ3n) is 2.54. The first kappa shape index (κ1) is 38.2. The van der Waals surface area contributed by atoms with E-state index < -0.39 is 72.7 Å². The monoisotopic (exact) mass is 402 g/mol. The number of hydrogen-bond donors (Lipinski definition) is 5. The van der Waals surface area contributed by atoms with Crippen LogP contribution in [-0.2, 0) is 28.8 Å². The molecule has 0 saturated heterocycles. The standard InChI is InChI=1S/2C6H8O7.3Li/c2*7-3(8)1-6(13,5(11)12)2-4(9)10;;;/h2*13H,1-2H2,(H,7,8)(H,9,10)(H,11,12);;;/q;;3*+1/p-3. The third kappa shape index (κ3) is 17.1. The Labute approximate surface area is 198 Å².